The number of carbonyl (C=O) groups excluding carboxylic acids is 3. The number of rotatable bonds is 9. The normalized spacial score (nSPS) is 12.3. The van der Waals surface area contributed by atoms with Gasteiger partial charge in [-0.15, -0.1) is 11.8 Å². The van der Waals surface area contributed by atoms with Crippen LogP contribution >= 0.6 is 35.0 Å². The van der Waals surface area contributed by atoms with E-state index in [1.165, 1.54) is 17.8 Å². The minimum absolute atomic E-state index is 0.00709. The van der Waals surface area contributed by atoms with Crippen molar-refractivity contribution in [1.29, 1.82) is 0 Å². The van der Waals surface area contributed by atoms with Crippen LogP contribution in [0.25, 0.3) is 6.08 Å². The van der Waals surface area contributed by atoms with Gasteiger partial charge in [0.15, 0.2) is 11.5 Å². The molecule has 0 atom stereocenters. The molecule has 11 heteroatoms. The molecule has 3 amide bonds. The van der Waals surface area contributed by atoms with E-state index < -0.39 is 11.8 Å². The van der Waals surface area contributed by atoms with E-state index in [0.29, 0.717) is 57.3 Å². The van der Waals surface area contributed by atoms with Crippen molar-refractivity contribution in [2.45, 2.75) is 4.90 Å². The van der Waals surface area contributed by atoms with Gasteiger partial charge in [-0.2, -0.15) is 0 Å². The number of anilines is 2. The highest BCUT2D eigenvalue weighted by Gasteiger charge is 2.17. The number of benzene rings is 4. The standard InChI is InChI=1S/C32H25Cl2N3O5S/c33-22-7-6-21(26(34)17-22)16-27(37-31(39)20-4-2-1-3-5-20)32(40)36-23-8-11-25(12-9-23)43-19-30(38)35-24-10-13-28-29(18-24)42-15-14-41-28/h1-13,16-18H,14-15,19H2,(H,35,38)(H,36,40)(H,37,39)/b27-16-. The second-order valence-corrected chi connectivity index (χ2v) is 11.1. The minimum atomic E-state index is -0.547. The molecule has 1 heterocycles. The number of halogens is 2. The summed E-state index contributed by atoms with van der Waals surface area (Å²) in [4.78, 5) is 39.5. The molecule has 0 unspecified atom stereocenters. The van der Waals surface area contributed by atoms with Gasteiger partial charge in [-0.25, -0.2) is 0 Å². The van der Waals surface area contributed by atoms with Crippen LogP contribution in [0.5, 0.6) is 11.5 Å². The van der Waals surface area contributed by atoms with E-state index in [2.05, 4.69) is 16.0 Å². The van der Waals surface area contributed by atoms with Crippen molar-refractivity contribution in [3.63, 3.8) is 0 Å². The molecule has 1 aliphatic rings. The van der Waals surface area contributed by atoms with Crippen LogP contribution in [0, 0.1) is 0 Å². The highest BCUT2D eigenvalue weighted by atomic mass is 35.5. The molecule has 0 aromatic heterocycles. The monoisotopic (exact) mass is 633 g/mol. The number of carbonyl (C=O) groups is 3. The highest BCUT2D eigenvalue weighted by Crippen LogP contribution is 2.33. The fourth-order valence-electron chi connectivity index (χ4n) is 4.02. The van der Waals surface area contributed by atoms with Crippen LogP contribution in [0.2, 0.25) is 10.0 Å². The van der Waals surface area contributed by atoms with Crippen molar-refractivity contribution in [3.05, 3.63) is 118 Å². The summed E-state index contributed by atoms with van der Waals surface area (Å²) in [5, 5.41) is 9.10. The molecule has 4 aromatic rings. The summed E-state index contributed by atoms with van der Waals surface area (Å²) in [6, 6.07) is 25.7. The van der Waals surface area contributed by atoms with Crippen LogP contribution in [0.3, 0.4) is 0 Å². The molecule has 0 radical (unpaired) electrons. The zero-order chi connectivity index (χ0) is 30.2. The molecular formula is C32H25Cl2N3O5S. The lowest BCUT2D eigenvalue weighted by Crippen LogP contribution is -2.30. The van der Waals surface area contributed by atoms with E-state index in [1.807, 2.05) is 0 Å². The lowest BCUT2D eigenvalue weighted by Gasteiger charge is -2.19. The van der Waals surface area contributed by atoms with Gasteiger partial charge in [0.2, 0.25) is 5.91 Å². The van der Waals surface area contributed by atoms with Gasteiger partial charge in [-0.3, -0.25) is 14.4 Å². The predicted molar refractivity (Wildman–Crippen MR) is 170 cm³/mol. The SMILES string of the molecule is O=C(CSc1ccc(NC(=O)/C(=C/c2ccc(Cl)cc2Cl)NC(=O)c2ccccc2)cc1)Nc1ccc2c(c1)OCCO2. The maximum Gasteiger partial charge on any atom is 0.272 e. The van der Waals surface area contributed by atoms with Gasteiger partial charge >= 0.3 is 0 Å². The smallest absolute Gasteiger partial charge is 0.272 e. The zero-order valence-electron chi connectivity index (χ0n) is 22.6. The van der Waals surface area contributed by atoms with Crippen LogP contribution in [-0.2, 0) is 9.59 Å². The molecule has 1 aliphatic heterocycles. The van der Waals surface area contributed by atoms with Crippen LogP contribution in [0.1, 0.15) is 15.9 Å². The molecular weight excluding hydrogens is 609 g/mol. The summed E-state index contributed by atoms with van der Waals surface area (Å²) in [5.41, 5.74) is 2.01. The van der Waals surface area contributed by atoms with E-state index in [-0.39, 0.29) is 17.4 Å². The van der Waals surface area contributed by atoms with Crippen LogP contribution in [0.4, 0.5) is 11.4 Å². The molecule has 43 heavy (non-hydrogen) atoms. The molecule has 0 bridgehead atoms. The third-order valence-corrected chi connectivity index (χ3v) is 7.67. The van der Waals surface area contributed by atoms with E-state index in [0.717, 1.165) is 4.90 Å². The second kappa shape index (κ2) is 14.2. The molecule has 8 nitrogen and oxygen atoms in total. The number of ether oxygens (including phenoxy) is 2. The summed E-state index contributed by atoms with van der Waals surface area (Å²) in [6.45, 7) is 0.964. The first-order valence-electron chi connectivity index (χ1n) is 13.1. The zero-order valence-corrected chi connectivity index (χ0v) is 24.9. The quantitative estimate of drug-likeness (QED) is 0.137. The van der Waals surface area contributed by atoms with Crippen molar-refractivity contribution in [2.24, 2.45) is 0 Å². The lowest BCUT2D eigenvalue weighted by molar-refractivity contribution is -0.114. The van der Waals surface area contributed by atoms with Crippen LogP contribution < -0.4 is 25.4 Å². The van der Waals surface area contributed by atoms with Crippen LogP contribution in [-0.4, -0.2) is 36.7 Å². The molecule has 0 saturated heterocycles. The first-order chi connectivity index (χ1) is 20.8. The second-order valence-electron chi connectivity index (χ2n) is 9.22. The molecule has 4 aromatic carbocycles. The highest BCUT2D eigenvalue weighted by molar-refractivity contribution is 8.00. The Labute approximate surface area is 262 Å². The predicted octanol–water partition coefficient (Wildman–Crippen LogP) is 6.91. The average molecular weight is 635 g/mol. The molecule has 0 spiro atoms. The fraction of sp³-hybridized carbons (Fsp3) is 0.0938. The fourth-order valence-corrected chi connectivity index (χ4v) is 5.18. The van der Waals surface area contributed by atoms with Gasteiger partial charge in [0.05, 0.1) is 5.75 Å². The summed E-state index contributed by atoms with van der Waals surface area (Å²) in [5.74, 6) is 0.260. The van der Waals surface area contributed by atoms with E-state index >= 15 is 0 Å². The van der Waals surface area contributed by atoms with Crippen molar-refractivity contribution in [3.8, 4) is 11.5 Å². The maximum atomic E-state index is 13.3. The Morgan fingerprint density at radius 3 is 2.26 bits per heavy atom. The number of hydrogen-bond acceptors (Lipinski definition) is 6. The Kier molecular flexibility index (Phi) is 9.88. The first kappa shape index (κ1) is 30.0. The number of amides is 3. The van der Waals surface area contributed by atoms with E-state index in [1.54, 1.807) is 91.0 Å². The summed E-state index contributed by atoms with van der Waals surface area (Å²) < 4.78 is 11.1. The van der Waals surface area contributed by atoms with Crippen LogP contribution in [0.15, 0.2) is 102 Å². The van der Waals surface area contributed by atoms with E-state index in [4.69, 9.17) is 32.7 Å². The Morgan fingerprint density at radius 2 is 1.51 bits per heavy atom. The van der Waals surface area contributed by atoms with Gasteiger partial charge in [0, 0.05) is 37.9 Å². The Bertz CT molecular complexity index is 1680. The molecule has 0 saturated carbocycles. The minimum Gasteiger partial charge on any atom is -0.486 e. The summed E-state index contributed by atoms with van der Waals surface area (Å²) >= 11 is 13.7. The Morgan fingerprint density at radius 1 is 0.791 bits per heavy atom. The van der Waals surface area contributed by atoms with Crippen molar-refractivity contribution in [2.75, 3.05) is 29.6 Å². The van der Waals surface area contributed by atoms with Crippen molar-refractivity contribution in [1.82, 2.24) is 5.32 Å². The summed E-state index contributed by atoms with van der Waals surface area (Å²) in [6.07, 6.45) is 1.49. The Hall–Kier alpha value is -4.44. The molecule has 218 valence electrons. The third-order valence-electron chi connectivity index (χ3n) is 6.10. The average Bonchev–Trinajstić information content (AvgIpc) is 3.02. The summed E-state index contributed by atoms with van der Waals surface area (Å²) in [7, 11) is 0. The van der Waals surface area contributed by atoms with Gasteiger partial charge < -0.3 is 25.4 Å². The third kappa shape index (κ3) is 8.32. The molecule has 3 N–H and O–H groups in total. The van der Waals surface area contributed by atoms with Crippen molar-refractivity contribution < 1.29 is 23.9 Å². The number of hydrogen-bond donors (Lipinski definition) is 3. The molecule has 0 fully saturated rings. The van der Waals surface area contributed by atoms with Gasteiger partial charge in [-0.1, -0.05) is 47.5 Å². The molecule has 0 aliphatic carbocycles. The van der Waals surface area contributed by atoms with Crippen molar-refractivity contribution >= 4 is 70.1 Å². The number of fused-ring (bicyclic) bond motifs is 1. The topological polar surface area (TPSA) is 106 Å². The van der Waals surface area contributed by atoms with Gasteiger partial charge in [0.1, 0.15) is 18.9 Å². The lowest BCUT2D eigenvalue weighted by atomic mass is 10.1. The van der Waals surface area contributed by atoms with E-state index in [9.17, 15) is 14.4 Å². The van der Waals surface area contributed by atoms with Gasteiger partial charge in [0.25, 0.3) is 11.8 Å². The van der Waals surface area contributed by atoms with Gasteiger partial charge in [-0.05, 0) is 72.3 Å². The largest absolute Gasteiger partial charge is 0.486 e. The Balaban J connectivity index is 1.21. The molecule has 5 rings (SSSR count). The number of thioether (sulfide) groups is 1. The number of nitrogens with one attached hydrogen (secondary N) is 3. The maximum absolute atomic E-state index is 13.3. The first-order valence-corrected chi connectivity index (χ1v) is 14.8.